The van der Waals surface area contributed by atoms with Gasteiger partial charge < -0.3 is 5.11 Å². The van der Waals surface area contributed by atoms with Crippen molar-refractivity contribution in [3.8, 4) is 6.07 Å². The summed E-state index contributed by atoms with van der Waals surface area (Å²) in [6, 6.07) is 1.61. The lowest BCUT2D eigenvalue weighted by molar-refractivity contribution is -0.137. The topological polar surface area (TPSA) is 61.1 Å². The van der Waals surface area contributed by atoms with Crippen LogP contribution in [-0.4, -0.2) is 20.8 Å². The van der Waals surface area contributed by atoms with Crippen molar-refractivity contribution in [1.82, 2.24) is 0 Å². The lowest BCUT2D eigenvalue weighted by atomic mass is 10.2. The highest BCUT2D eigenvalue weighted by molar-refractivity contribution is 6.57. The Labute approximate surface area is 78.5 Å². The first kappa shape index (κ1) is 10.8. The molecule has 0 saturated carbocycles. The Kier molecular flexibility index (Phi) is 3.95. The maximum Gasteiger partial charge on any atom is 0.340 e. The third kappa shape index (κ3) is 3.66. The number of carboxylic acids is 1. The Morgan fingerprint density at radius 3 is 2.45 bits per heavy atom. The van der Waals surface area contributed by atoms with Gasteiger partial charge in [-0.05, 0) is 0 Å². The molecule has 11 heavy (non-hydrogen) atoms. The molecule has 1 atom stereocenters. The number of aliphatic carboxylic acids is 1. The zero-order chi connectivity index (χ0) is 9.07. The highest BCUT2D eigenvalue weighted by Crippen LogP contribution is 2.28. The van der Waals surface area contributed by atoms with Gasteiger partial charge in [0.2, 0.25) is 4.33 Å². The summed E-state index contributed by atoms with van der Waals surface area (Å²) in [6.07, 6.45) is -0.302. The fourth-order valence-corrected chi connectivity index (χ4v) is 1.06. The third-order valence-corrected chi connectivity index (χ3v) is 1.77. The minimum absolute atomic E-state index is 0.302. The van der Waals surface area contributed by atoms with E-state index in [0.29, 0.717) is 0 Å². The van der Waals surface area contributed by atoms with Gasteiger partial charge in [-0.2, -0.15) is 5.26 Å². The number of hydrogen-bond acceptors (Lipinski definition) is 2. The number of alkyl halides is 3. The lowest BCUT2D eigenvalue weighted by Crippen LogP contribution is -2.28. The molecular formula is C5H4Cl3NO2. The van der Waals surface area contributed by atoms with Gasteiger partial charge in [0.15, 0.2) is 0 Å². The molecule has 0 amide bonds. The lowest BCUT2D eigenvalue weighted by Gasteiger charge is -2.13. The summed E-state index contributed by atoms with van der Waals surface area (Å²) in [4.78, 5) is 10.2. The molecule has 0 saturated heterocycles. The van der Waals surface area contributed by atoms with E-state index in [4.69, 9.17) is 45.2 Å². The van der Waals surface area contributed by atoms with Gasteiger partial charge in [0, 0.05) is 6.42 Å². The summed E-state index contributed by atoms with van der Waals surface area (Å²) in [5, 5.41) is 15.6. The Balaban J connectivity index is 4.15. The fourth-order valence-electron chi connectivity index (χ4n) is 0.358. The molecule has 0 aliphatic heterocycles. The first-order valence-electron chi connectivity index (χ1n) is 2.55. The van der Waals surface area contributed by atoms with Gasteiger partial charge in [-0.25, -0.2) is 4.79 Å². The maximum absolute atomic E-state index is 10.2. The highest BCUT2D eigenvalue weighted by atomic mass is 35.5. The first-order valence-corrected chi connectivity index (χ1v) is 3.74. The van der Waals surface area contributed by atoms with E-state index >= 15 is 0 Å². The second-order valence-corrected chi connectivity index (χ2v) is 3.82. The molecule has 0 aromatic rings. The van der Waals surface area contributed by atoms with Crippen LogP contribution in [0.4, 0.5) is 0 Å². The number of hydrogen-bond donors (Lipinski definition) is 1. The molecule has 0 aromatic heterocycles. The van der Waals surface area contributed by atoms with Crippen LogP contribution in [0.25, 0.3) is 0 Å². The quantitative estimate of drug-likeness (QED) is 0.731. The van der Waals surface area contributed by atoms with Crippen molar-refractivity contribution < 1.29 is 9.90 Å². The van der Waals surface area contributed by atoms with Gasteiger partial charge in [-0.3, -0.25) is 0 Å². The monoisotopic (exact) mass is 215 g/mol. The van der Waals surface area contributed by atoms with Crippen LogP contribution >= 0.6 is 34.8 Å². The van der Waals surface area contributed by atoms with Crippen LogP contribution in [0.1, 0.15) is 6.42 Å². The van der Waals surface area contributed by atoms with Gasteiger partial charge in [0.25, 0.3) is 0 Å². The van der Waals surface area contributed by atoms with Crippen LogP contribution in [0.5, 0.6) is 0 Å². The standard InChI is InChI=1S/C5H4Cl3NO2/c6-3(2-9)1-5(7,8)4(10)11/h3H,1H2,(H,10,11). The summed E-state index contributed by atoms with van der Waals surface area (Å²) in [7, 11) is 0. The van der Waals surface area contributed by atoms with Crippen LogP contribution < -0.4 is 0 Å². The Morgan fingerprint density at radius 1 is 1.73 bits per heavy atom. The molecule has 0 fully saturated rings. The van der Waals surface area contributed by atoms with Crippen molar-refractivity contribution in [3.05, 3.63) is 0 Å². The molecule has 0 radical (unpaired) electrons. The Bertz CT molecular complexity index is 198. The Hall–Kier alpha value is -0.170. The van der Waals surface area contributed by atoms with Crippen molar-refractivity contribution in [2.75, 3.05) is 0 Å². The second-order valence-electron chi connectivity index (χ2n) is 1.81. The van der Waals surface area contributed by atoms with Crippen LogP contribution in [-0.2, 0) is 4.79 Å². The molecule has 0 rings (SSSR count). The zero-order valence-electron chi connectivity index (χ0n) is 5.22. The van der Waals surface area contributed by atoms with Crippen molar-refractivity contribution in [3.63, 3.8) is 0 Å². The van der Waals surface area contributed by atoms with Crippen molar-refractivity contribution >= 4 is 40.8 Å². The number of nitriles is 1. The molecule has 0 bridgehead atoms. The highest BCUT2D eigenvalue weighted by Gasteiger charge is 2.35. The third-order valence-electron chi connectivity index (χ3n) is 0.889. The molecule has 1 N–H and O–H groups in total. The number of carbonyl (C=O) groups is 1. The van der Waals surface area contributed by atoms with E-state index in [-0.39, 0.29) is 6.42 Å². The zero-order valence-corrected chi connectivity index (χ0v) is 7.49. The normalized spacial score (nSPS) is 13.6. The van der Waals surface area contributed by atoms with Crippen LogP contribution in [0, 0.1) is 11.3 Å². The van der Waals surface area contributed by atoms with E-state index in [1.165, 1.54) is 0 Å². The molecule has 1 unspecified atom stereocenters. The van der Waals surface area contributed by atoms with E-state index in [0.717, 1.165) is 0 Å². The SMILES string of the molecule is N#CC(Cl)CC(Cl)(Cl)C(=O)O. The van der Waals surface area contributed by atoms with E-state index in [1.54, 1.807) is 6.07 Å². The number of rotatable bonds is 3. The van der Waals surface area contributed by atoms with Crippen molar-refractivity contribution in [1.29, 1.82) is 5.26 Å². The Morgan fingerprint density at radius 2 is 2.18 bits per heavy atom. The molecule has 0 spiro atoms. The van der Waals surface area contributed by atoms with E-state index < -0.39 is 15.7 Å². The number of nitrogens with zero attached hydrogens (tertiary/aromatic N) is 1. The largest absolute Gasteiger partial charge is 0.479 e. The van der Waals surface area contributed by atoms with Crippen LogP contribution in [0.3, 0.4) is 0 Å². The summed E-state index contributed by atoms with van der Waals surface area (Å²) in [6.45, 7) is 0. The first-order chi connectivity index (χ1) is 4.90. The fraction of sp³-hybridized carbons (Fsp3) is 0.600. The number of halogens is 3. The van der Waals surface area contributed by atoms with Gasteiger partial charge in [-0.15, -0.1) is 11.6 Å². The molecule has 0 aromatic carbocycles. The molecular weight excluding hydrogens is 212 g/mol. The smallest absolute Gasteiger partial charge is 0.340 e. The van der Waals surface area contributed by atoms with Gasteiger partial charge in [0.1, 0.15) is 5.38 Å². The van der Waals surface area contributed by atoms with Gasteiger partial charge >= 0.3 is 5.97 Å². The minimum Gasteiger partial charge on any atom is -0.479 e. The van der Waals surface area contributed by atoms with Crippen LogP contribution in [0.15, 0.2) is 0 Å². The predicted octanol–water partition coefficient (Wildman–Crippen LogP) is 1.77. The average molecular weight is 216 g/mol. The summed E-state index contributed by atoms with van der Waals surface area (Å²) in [5.74, 6) is -1.40. The summed E-state index contributed by atoms with van der Waals surface area (Å²) < 4.78 is -1.97. The predicted molar refractivity (Wildman–Crippen MR) is 41.9 cm³/mol. The van der Waals surface area contributed by atoms with E-state index in [9.17, 15) is 4.79 Å². The molecule has 3 nitrogen and oxygen atoms in total. The summed E-state index contributed by atoms with van der Waals surface area (Å²) >= 11 is 15.9. The molecule has 6 heteroatoms. The molecule has 62 valence electrons. The minimum atomic E-state index is -1.97. The average Bonchev–Trinajstić information content (AvgIpc) is 1.86. The van der Waals surface area contributed by atoms with E-state index in [2.05, 4.69) is 0 Å². The van der Waals surface area contributed by atoms with Crippen molar-refractivity contribution in [2.24, 2.45) is 0 Å². The maximum atomic E-state index is 10.2. The second kappa shape index (κ2) is 4.01. The molecule has 0 aliphatic carbocycles. The molecule has 0 aliphatic rings. The number of carboxylic acid groups (broad SMARTS) is 1. The van der Waals surface area contributed by atoms with E-state index in [1.807, 2.05) is 0 Å². The van der Waals surface area contributed by atoms with Crippen molar-refractivity contribution in [2.45, 2.75) is 16.1 Å². The van der Waals surface area contributed by atoms with Gasteiger partial charge in [0.05, 0.1) is 6.07 Å². The molecule has 0 heterocycles. The van der Waals surface area contributed by atoms with Crippen LogP contribution in [0.2, 0.25) is 0 Å². The summed E-state index contributed by atoms with van der Waals surface area (Å²) in [5.41, 5.74) is 0. The van der Waals surface area contributed by atoms with Gasteiger partial charge in [-0.1, -0.05) is 23.2 Å².